The van der Waals surface area contributed by atoms with Gasteiger partial charge in [-0.15, -0.1) is 23.4 Å². The second-order valence-corrected chi connectivity index (χ2v) is 7.10. The topological polar surface area (TPSA) is 39.9 Å². The quantitative estimate of drug-likeness (QED) is 0.543. The van der Waals surface area contributed by atoms with Gasteiger partial charge < -0.3 is 4.74 Å². The number of rotatable bonds is 6. The van der Waals surface area contributed by atoms with Crippen LogP contribution in [-0.2, 0) is 6.54 Å². The van der Waals surface area contributed by atoms with Gasteiger partial charge in [-0.3, -0.25) is 4.57 Å². The molecule has 1 heterocycles. The molecule has 0 aliphatic heterocycles. The molecule has 24 heavy (non-hydrogen) atoms. The van der Waals surface area contributed by atoms with Gasteiger partial charge in [0.1, 0.15) is 5.75 Å². The van der Waals surface area contributed by atoms with Gasteiger partial charge in [-0.05, 0) is 19.1 Å². The van der Waals surface area contributed by atoms with Crippen LogP contribution in [0.15, 0.2) is 41.6 Å². The third-order valence-electron chi connectivity index (χ3n) is 2.84. The summed E-state index contributed by atoms with van der Waals surface area (Å²) in [5, 5.41) is 9.09. The number of nitrogens with zero attached hydrogens (tertiary/aromatic N) is 3. The molecular formula is C16H18F3N3OS. The van der Waals surface area contributed by atoms with E-state index in [2.05, 4.69) is 21.5 Å². The molecule has 1 aromatic carbocycles. The molecule has 0 spiro atoms. The van der Waals surface area contributed by atoms with Crippen LogP contribution in [0.25, 0.3) is 11.4 Å². The maximum absolute atomic E-state index is 12.6. The van der Waals surface area contributed by atoms with Gasteiger partial charge in [-0.1, -0.05) is 49.9 Å². The fourth-order valence-electron chi connectivity index (χ4n) is 2.06. The summed E-state index contributed by atoms with van der Waals surface area (Å²) in [6.45, 7) is 10.1. The molecule has 0 fully saturated rings. The second kappa shape index (κ2) is 7.29. The zero-order chi connectivity index (χ0) is 17.9. The molecule has 0 saturated carbocycles. The highest BCUT2D eigenvalue weighted by Gasteiger charge is 2.33. The molecule has 0 aliphatic rings. The normalized spacial score (nSPS) is 11.8. The Hall–Kier alpha value is -1.96. The number of hydrogen-bond acceptors (Lipinski definition) is 4. The third-order valence-corrected chi connectivity index (χ3v) is 3.82. The molecule has 8 heteroatoms. The summed E-state index contributed by atoms with van der Waals surface area (Å²) in [5.74, 6) is 0.0162. The molecule has 0 aliphatic carbocycles. The van der Waals surface area contributed by atoms with Crippen molar-refractivity contribution in [3.8, 4) is 17.1 Å². The lowest BCUT2D eigenvalue weighted by molar-refractivity contribution is -0.274. The minimum Gasteiger partial charge on any atom is -0.405 e. The first-order valence-corrected chi connectivity index (χ1v) is 8.14. The van der Waals surface area contributed by atoms with Crippen LogP contribution in [0.2, 0.25) is 0 Å². The van der Waals surface area contributed by atoms with Crippen LogP contribution in [0.4, 0.5) is 13.2 Å². The Labute approximate surface area is 142 Å². The Morgan fingerprint density at radius 1 is 1.29 bits per heavy atom. The number of aromatic nitrogens is 3. The minimum absolute atomic E-state index is 0.235. The van der Waals surface area contributed by atoms with E-state index in [9.17, 15) is 13.2 Å². The largest absolute Gasteiger partial charge is 0.573 e. The highest BCUT2D eigenvalue weighted by Crippen LogP contribution is 2.35. The first-order chi connectivity index (χ1) is 11.2. The van der Waals surface area contributed by atoms with E-state index in [0.29, 0.717) is 17.5 Å². The van der Waals surface area contributed by atoms with Crippen molar-refractivity contribution in [1.82, 2.24) is 14.8 Å². The Morgan fingerprint density at radius 2 is 1.96 bits per heavy atom. The lowest BCUT2D eigenvalue weighted by Crippen LogP contribution is -2.18. The molecule has 1 aromatic heterocycles. The molecule has 4 nitrogen and oxygen atoms in total. The molecule has 0 radical (unpaired) electrons. The predicted molar refractivity (Wildman–Crippen MR) is 87.9 cm³/mol. The second-order valence-electron chi connectivity index (χ2n) is 5.56. The number of alkyl halides is 3. The summed E-state index contributed by atoms with van der Waals surface area (Å²) in [6, 6.07) is 5.91. The van der Waals surface area contributed by atoms with Gasteiger partial charge >= 0.3 is 6.36 Å². The maximum Gasteiger partial charge on any atom is 0.573 e. The van der Waals surface area contributed by atoms with Crippen LogP contribution in [0.1, 0.15) is 20.8 Å². The van der Waals surface area contributed by atoms with Crippen LogP contribution < -0.4 is 4.74 Å². The fourth-order valence-corrected chi connectivity index (χ4v) is 2.85. The van der Waals surface area contributed by atoms with Crippen LogP contribution in [0, 0.1) is 0 Å². The number of hydrogen-bond donors (Lipinski definition) is 0. The summed E-state index contributed by atoms with van der Waals surface area (Å²) in [4.78, 5) is 0. The van der Waals surface area contributed by atoms with Crippen LogP contribution in [0.5, 0.6) is 5.75 Å². The van der Waals surface area contributed by atoms with E-state index in [-0.39, 0.29) is 16.6 Å². The highest BCUT2D eigenvalue weighted by molar-refractivity contribution is 7.99. The van der Waals surface area contributed by atoms with Crippen molar-refractivity contribution in [2.45, 2.75) is 44.1 Å². The molecule has 0 unspecified atom stereocenters. The molecular weight excluding hydrogens is 339 g/mol. The number of para-hydroxylation sites is 1. The SMILES string of the molecule is C=C(C)Cn1c(SC(C)C)nnc1-c1ccccc1OC(F)(F)F. The van der Waals surface area contributed by atoms with Gasteiger partial charge in [-0.25, -0.2) is 0 Å². The van der Waals surface area contributed by atoms with Crippen LogP contribution in [0.3, 0.4) is 0 Å². The first-order valence-electron chi connectivity index (χ1n) is 7.26. The third kappa shape index (κ3) is 4.77. The van der Waals surface area contributed by atoms with Crippen molar-refractivity contribution in [2.75, 3.05) is 0 Å². The summed E-state index contributed by atoms with van der Waals surface area (Å²) in [5.41, 5.74) is 1.08. The molecule has 0 N–H and O–H groups in total. The van der Waals surface area contributed by atoms with Crippen molar-refractivity contribution in [2.24, 2.45) is 0 Å². The van der Waals surface area contributed by atoms with Gasteiger partial charge in [0.15, 0.2) is 11.0 Å². The van der Waals surface area contributed by atoms with Crippen LogP contribution >= 0.6 is 11.8 Å². The van der Waals surface area contributed by atoms with Crippen molar-refractivity contribution in [3.63, 3.8) is 0 Å². The van der Waals surface area contributed by atoms with Gasteiger partial charge in [0.25, 0.3) is 0 Å². The zero-order valence-corrected chi connectivity index (χ0v) is 14.4. The van der Waals surface area contributed by atoms with Crippen molar-refractivity contribution < 1.29 is 17.9 Å². The van der Waals surface area contributed by atoms with E-state index < -0.39 is 6.36 Å². The average molecular weight is 357 g/mol. The zero-order valence-electron chi connectivity index (χ0n) is 13.6. The van der Waals surface area contributed by atoms with E-state index in [0.717, 1.165) is 5.57 Å². The van der Waals surface area contributed by atoms with E-state index in [1.807, 2.05) is 20.8 Å². The van der Waals surface area contributed by atoms with E-state index in [1.165, 1.54) is 30.0 Å². The van der Waals surface area contributed by atoms with Gasteiger partial charge in [0.05, 0.1) is 5.56 Å². The number of halogens is 3. The van der Waals surface area contributed by atoms with Gasteiger partial charge in [-0.2, -0.15) is 0 Å². The summed E-state index contributed by atoms with van der Waals surface area (Å²) >= 11 is 1.49. The van der Waals surface area contributed by atoms with E-state index >= 15 is 0 Å². The van der Waals surface area contributed by atoms with Crippen LogP contribution in [-0.4, -0.2) is 26.4 Å². The fraction of sp³-hybridized carbons (Fsp3) is 0.375. The standard InChI is InChI=1S/C16H18F3N3OS/c1-10(2)9-22-14(20-21-15(22)24-11(3)4)12-7-5-6-8-13(12)23-16(17,18)19/h5-8,11H,1,9H2,2-4H3. The highest BCUT2D eigenvalue weighted by atomic mass is 32.2. The number of benzene rings is 1. The lowest BCUT2D eigenvalue weighted by atomic mass is 10.2. The molecule has 0 bridgehead atoms. The molecule has 2 rings (SSSR count). The van der Waals surface area contributed by atoms with Crippen molar-refractivity contribution in [3.05, 3.63) is 36.4 Å². The predicted octanol–water partition coefficient (Wildman–Crippen LogP) is 4.92. The maximum atomic E-state index is 12.6. The monoisotopic (exact) mass is 357 g/mol. The molecule has 0 atom stereocenters. The Balaban J connectivity index is 2.52. The van der Waals surface area contributed by atoms with Crippen molar-refractivity contribution >= 4 is 11.8 Å². The van der Waals surface area contributed by atoms with Gasteiger partial charge in [0, 0.05) is 11.8 Å². The molecule has 2 aromatic rings. The molecule has 0 amide bonds. The van der Waals surface area contributed by atoms with Gasteiger partial charge in [0.2, 0.25) is 0 Å². The van der Waals surface area contributed by atoms with E-state index in [1.54, 1.807) is 10.6 Å². The molecule has 0 saturated heterocycles. The average Bonchev–Trinajstić information content (AvgIpc) is 2.79. The summed E-state index contributed by atoms with van der Waals surface area (Å²) in [7, 11) is 0. The molecule has 130 valence electrons. The number of ether oxygens (including phenoxy) is 1. The Kier molecular flexibility index (Phi) is 5.58. The van der Waals surface area contributed by atoms with E-state index in [4.69, 9.17) is 0 Å². The minimum atomic E-state index is -4.77. The number of thioether (sulfide) groups is 1. The Morgan fingerprint density at radius 3 is 2.54 bits per heavy atom. The smallest absolute Gasteiger partial charge is 0.405 e. The summed E-state index contributed by atoms with van der Waals surface area (Å²) < 4.78 is 43.8. The van der Waals surface area contributed by atoms with Crippen molar-refractivity contribution in [1.29, 1.82) is 0 Å². The Bertz CT molecular complexity index is 726. The number of allylic oxidation sites excluding steroid dienone is 1. The first kappa shape index (κ1) is 18.4. The lowest BCUT2D eigenvalue weighted by Gasteiger charge is -2.15. The summed E-state index contributed by atoms with van der Waals surface area (Å²) in [6.07, 6.45) is -4.77.